The van der Waals surface area contributed by atoms with Crippen molar-refractivity contribution in [1.82, 2.24) is 0 Å². The van der Waals surface area contributed by atoms with Gasteiger partial charge in [-0.2, -0.15) is 0 Å². The molecule has 0 aliphatic rings. The van der Waals surface area contributed by atoms with E-state index in [2.05, 4.69) is 24.3 Å². The minimum Gasteiger partial charge on any atom is -0.462 e. The molecule has 0 aliphatic heterocycles. The van der Waals surface area contributed by atoms with Gasteiger partial charge in [0.1, 0.15) is 0 Å². The average molecular weight is 294 g/mol. The van der Waals surface area contributed by atoms with Crippen molar-refractivity contribution < 1.29 is 9.53 Å². The van der Waals surface area contributed by atoms with E-state index < -0.39 is 0 Å². The summed E-state index contributed by atoms with van der Waals surface area (Å²) in [5.74, 6) is 0.00323. The van der Waals surface area contributed by atoms with E-state index in [1.54, 1.807) is 13.0 Å². The van der Waals surface area contributed by atoms with Crippen molar-refractivity contribution in [3.8, 4) is 0 Å². The summed E-state index contributed by atoms with van der Waals surface area (Å²) in [6, 6.07) is 20.7. The lowest BCUT2D eigenvalue weighted by Gasteiger charge is -2.18. The highest BCUT2D eigenvalue weighted by Gasteiger charge is 2.15. The molecule has 2 aromatic carbocycles. The van der Waals surface area contributed by atoms with Crippen molar-refractivity contribution in [2.24, 2.45) is 0 Å². The molecule has 0 fully saturated rings. The fraction of sp³-hybridized carbons (Fsp3) is 0.250. The van der Waals surface area contributed by atoms with E-state index in [0.29, 0.717) is 12.2 Å². The van der Waals surface area contributed by atoms with Gasteiger partial charge in [0.25, 0.3) is 0 Å². The molecule has 0 heterocycles. The van der Waals surface area contributed by atoms with Crippen LogP contribution in [0.25, 0.3) is 0 Å². The predicted molar refractivity (Wildman–Crippen MR) is 89.7 cm³/mol. The van der Waals surface area contributed by atoms with Gasteiger partial charge in [-0.1, -0.05) is 66.7 Å². The number of ether oxygens (including phenoxy) is 1. The average Bonchev–Trinajstić information content (AvgIpc) is 2.59. The standard InChI is InChI=1S/C20H22O2/c1-3-16(2)20(21)22-15-14-19(17-10-6-4-7-11-17)18-12-8-5-9-13-18/h3-13,19H,14-15H2,1-2H3. The normalized spacial score (nSPS) is 11.5. The summed E-state index contributed by atoms with van der Waals surface area (Å²) in [7, 11) is 0. The molecule has 114 valence electrons. The molecule has 0 radical (unpaired) electrons. The molecule has 2 aromatic rings. The second kappa shape index (κ2) is 8.18. The third kappa shape index (κ3) is 4.32. The van der Waals surface area contributed by atoms with Gasteiger partial charge in [-0.05, 0) is 31.4 Å². The van der Waals surface area contributed by atoms with Crippen LogP contribution in [-0.2, 0) is 9.53 Å². The van der Waals surface area contributed by atoms with Crippen molar-refractivity contribution in [3.63, 3.8) is 0 Å². The fourth-order valence-electron chi connectivity index (χ4n) is 2.40. The minimum atomic E-state index is -0.234. The van der Waals surface area contributed by atoms with Crippen LogP contribution in [-0.4, -0.2) is 12.6 Å². The van der Waals surface area contributed by atoms with E-state index in [1.165, 1.54) is 11.1 Å². The molecule has 0 unspecified atom stereocenters. The molecule has 0 aromatic heterocycles. The molecular formula is C20H22O2. The van der Waals surface area contributed by atoms with Crippen LogP contribution in [0.4, 0.5) is 0 Å². The number of carbonyl (C=O) groups is 1. The van der Waals surface area contributed by atoms with Crippen LogP contribution in [0.1, 0.15) is 37.3 Å². The Labute approximate surface area is 132 Å². The van der Waals surface area contributed by atoms with E-state index in [-0.39, 0.29) is 11.9 Å². The SMILES string of the molecule is CC=C(C)C(=O)OCCC(c1ccccc1)c1ccccc1. The Hall–Kier alpha value is -2.35. The molecule has 0 bridgehead atoms. The molecule has 2 rings (SSSR count). The lowest BCUT2D eigenvalue weighted by molar-refractivity contribution is -0.139. The van der Waals surface area contributed by atoms with E-state index in [0.717, 1.165) is 6.42 Å². The zero-order valence-corrected chi connectivity index (χ0v) is 13.2. The largest absolute Gasteiger partial charge is 0.462 e. The number of carbonyl (C=O) groups excluding carboxylic acids is 1. The highest BCUT2D eigenvalue weighted by Crippen LogP contribution is 2.27. The smallest absolute Gasteiger partial charge is 0.333 e. The van der Waals surface area contributed by atoms with Crippen LogP contribution >= 0.6 is 0 Å². The van der Waals surface area contributed by atoms with Crippen LogP contribution in [0.2, 0.25) is 0 Å². The van der Waals surface area contributed by atoms with Crippen molar-refractivity contribution in [3.05, 3.63) is 83.4 Å². The summed E-state index contributed by atoms with van der Waals surface area (Å²) in [6.07, 6.45) is 2.55. The summed E-state index contributed by atoms with van der Waals surface area (Å²) >= 11 is 0. The first-order chi connectivity index (χ1) is 10.7. The molecule has 2 nitrogen and oxygen atoms in total. The first kappa shape index (κ1) is 16.0. The molecule has 0 saturated heterocycles. The number of benzene rings is 2. The van der Waals surface area contributed by atoms with E-state index in [1.807, 2.05) is 43.3 Å². The van der Waals surface area contributed by atoms with E-state index in [4.69, 9.17) is 4.74 Å². The van der Waals surface area contributed by atoms with Gasteiger partial charge >= 0.3 is 5.97 Å². The quantitative estimate of drug-likeness (QED) is 0.569. The number of rotatable bonds is 6. The highest BCUT2D eigenvalue weighted by molar-refractivity contribution is 5.87. The van der Waals surface area contributed by atoms with Gasteiger partial charge < -0.3 is 4.74 Å². The monoisotopic (exact) mass is 294 g/mol. The van der Waals surface area contributed by atoms with E-state index in [9.17, 15) is 4.79 Å². The van der Waals surface area contributed by atoms with Crippen molar-refractivity contribution >= 4 is 5.97 Å². The zero-order valence-electron chi connectivity index (χ0n) is 13.2. The first-order valence-electron chi connectivity index (χ1n) is 7.62. The van der Waals surface area contributed by atoms with Gasteiger partial charge in [0.15, 0.2) is 0 Å². The summed E-state index contributed by atoms with van der Waals surface area (Å²) in [4.78, 5) is 11.7. The fourth-order valence-corrected chi connectivity index (χ4v) is 2.40. The summed E-state index contributed by atoms with van der Waals surface area (Å²) in [5, 5.41) is 0. The van der Waals surface area contributed by atoms with E-state index >= 15 is 0 Å². The van der Waals surface area contributed by atoms with Crippen LogP contribution in [0, 0.1) is 0 Å². The first-order valence-corrected chi connectivity index (χ1v) is 7.62. The lowest BCUT2D eigenvalue weighted by Crippen LogP contribution is -2.11. The third-order valence-corrected chi connectivity index (χ3v) is 3.80. The van der Waals surface area contributed by atoms with Crippen molar-refractivity contribution in [2.45, 2.75) is 26.2 Å². The van der Waals surface area contributed by atoms with Gasteiger partial charge in [0.05, 0.1) is 6.61 Å². The number of hydrogen-bond donors (Lipinski definition) is 0. The number of allylic oxidation sites excluding steroid dienone is 1. The van der Waals surface area contributed by atoms with Crippen LogP contribution in [0.3, 0.4) is 0 Å². The maximum atomic E-state index is 11.7. The Morgan fingerprint density at radius 2 is 1.50 bits per heavy atom. The third-order valence-electron chi connectivity index (χ3n) is 3.80. The number of esters is 1. The molecule has 0 amide bonds. The summed E-state index contributed by atoms with van der Waals surface area (Å²) < 4.78 is 5.36. The van der Waals surface area contributed by atoms with Crippen LogP contribution < -0.4 is 0 Å². The Bertz CT molecular complexity index is 575. The second-order valence-corrected chi connectivity index (χ2v) is 5.27. The second-order valence-electron chi connectivity index (χ2n) is 5.27. The van der Waals surface area contributed by atoms with Gasteiger partial charge in [-0.15, -0.1) is 0 Å². The number of hydrogen-bond acceptors (Lipinski definition) is 2. The molecule has 0 N–H and O–H groups in total. The van der Waals surface area contributed by atoms with Crippen molar-refractivity contribution in [2.75, 3.05) is 6.61 Å². The van der Waals surface area contributed by atoms with Gasteiger partial charge in [0.2, 0.25) is 0 Å². The topological polar surface area (TPSA) is 26.3 Å². The van der Waals surface area contributed by atoms with Gasteiger partial charge in [-0.25, -0.2) is 4.79 Å². The van der Waals surface area contributed by atoms with Crippen molar-refractivity contribution in [1.29, 1.82) is 0 Å². The Morgan fingerprint density at radius 3 is 1.95 bits per heavy atom. The zero-order chi connectivity index (χ0) is 15.8. The summed E-state index contributed by atoms with van der Waals surface area (Å²) in [5.41, 5.74) is 3.14. The Morgan fingerprint density at radius 1 is 1.00 bits per heavy atom. The Kier molecular flexibility index (Phi) is 5.96. The molecular weight excluding hydrogens is 272 g/mol. The highest BCUT2D eigenvalue weighted by atomic mass is 16.5. The summed E-state index contributed by atoms with van der Waals surface area (Å²) in [6.45, 7) is 4.03. The van der Waals surface area contributed by atoms with Gasteiger partial charge in [-0.3, -0.25) is 0 Å². The maximum absolute atomic E-state index is 11.7. The van der Waals surface area contributed by atoms with Gasteiger partial charge in [0, 0.05) is 11.5 Å². The minimum absolute atomic E-state index is 0.234. The van der Waals surface area contributed by atoms with Crippen LogP contribution in [0.5, 0.6) is 0 Å². The maximum Gasteiger partial charge on any atom is 0.333 e. The molecule has 0 atom stereocenters. The molecule has 2 heteroatoms. The van der Waals surface area contributed by atoms with Crippen LogP contribution in [0.15, 0.2) is 72.3 Å². The molecule has 0 spiro atoms. The molecule has 0 saturated carbocycles. The Balaban J connectivity index is 2.08. The molecule has 0 aliphatic carbocycles. The predicted octanol–water partition coefficient (Wildman–Crippen LogP) is 4.72. The molecule has 22 heavy (non-hydrogen) atoms. The lowest BCUT2D eigenvalue weighted by atomic mass is 9.89.